The van der Waals surface area contributed by atoms with Crippen molar-refractivity contribution in [1.82, 2.24) is 15.1 Å². The molecule has 4 atom stereocenters. The molecule has 2 bridgehead atoms. The van der Waals surface area contributed by atoms with E-state index in [1.807, 2.05) is 24.9 Å². The van der Waals surface area contributed by atoms with Crippen LogP contribution < -0.4 is 5.32 Å². The summed E-state index contributed by atoms with van der Waals surface area (Å²) >= 11 is 0. The Morgan fingerprint density at radius 1 is 1.53 bits per heavy atom. The van der Waals surface area contributed by atoms with Gasteiger partial charge in [0.25, 0.3) is 0 Å². The van der Waals surface area contributed by atoms with Crippen LogP contribution in [0.5, 0.6) is 0 Å². The van der Waals surface area contributed by atoms with Crippen molar-refractivity contribution in [1.29, 1.82) is 0 Å². The maximum absolute atomic E-state index is 11.4. The SMILES string of the molecule is Cc1nn(C)cc1CNC1C2CCC(C2)C1C(=O)O. The zero-order valence-corrected chi connectivity index (χ0v) is 11.5. The standard InChI is InChI=1S/C14H21N3O2/c1-8-11(7-17(2)16-8)6-15-13-10-4-3-9(5-10)12(13)14(18)19/h7,9-10,12-13,15H,3-6H2,1-2H3,(H,18,19). The third-order valence-electron chi connectivity index (χ3n) is 4.84. The van der Waals surface area contributed by atoms with Gasteiger partial charge in [0, 0.05) is 31.4 Å². The van der Waals surface area contributed by atoms with E-state index < -0.39 is 5.97 Å². The molecule has 19 heavy (non-hydrogen) atoms. The van der Waals surface area contributed by atoms with E-state index >= 15 is 0 Å². The average Bonchev–Trinajstić information content (AvgIpc) is 3.00. The van der Waals surface area contributed by atoms with Gasteiger partial charge in [-0.2, -0.15) is 5.10 Å². The van der Waals surface area contributed by atoms with Crippen molar-refractivity contribution < 1.29 is 9.90 Å². The van der Waals surface area contributed by atoms with Gasteiger partial charge < -0.3 is 10.4 Å². The quantitative estimate of drug-likeness (QED) is 0.859. The maximum atomic E-state index is 11.4. The van der Waals surface area contributed by atoms with Crippen LogP contribution in [0.25, 0.3) is 0 Å². The Kier molecular flexibility index (Phi) is 3.09. The van der Waals surface area contributed by atoms with E-state index in [1.165, 1.54) is 6.42 Å². The maximum Gasteiger partial charge on any atom is 0.308 e. The van der Waals surface area contributed by atoms with Crippen molar-refractivity contribution in [2.24, 2.45) is 24.8 Å². The minimum atomic E-state index is -0.632. The summed E-state index contributed by atoms with van der Waals surface area (Å²) in [4.78, 5) is 11.4. The molecule has 2 N–H and O–H groups in total. The highest BCUT2D eigenvalue weighted by molar-refractivity contribution is 5.72. The molecule has 1 heterocycles. The normalized spacial score (nSPS) is 32.9. The summed E-state index contributed by atoms with van der Waals surface area (Å²) < 4.78 is 1.81. The van der Waals surface area contributed by atoms with Crippen molar-refractivity contribution >= 4 is 5.97 Å². The number of aliphatic carboxylic acids is 1. The lowest BCUT2D eigenvalue weighted by atomic mass is 9.84. The number of carboxylic acids is 1. The Morgan fingerprint density at radius 3 is 2.89 bits per heavy atom. The molecule has 2 saturated carbocycles. The average molecular weight is 263 g/mol. The predicted octanol–water partition coefficient (Wildman–Crippen LogP) is 1.32. The van der Waals surface area contributed by atoms with Gasteiger partial charge in [-0.1, -0.05) is 0 Å². The summed E-state index contributed by atoms with van der Waals surface area (Å²) in [5.74, 6) is 0.0985. The summed E-state index contributed by atoms with van der Waals surface area (Å²) in [6, 6.07) is 0.135. The Balaban J connectivity index is 1.69. The fourth-order valence-electron chi connectivity index (χ4n) is 3.99. The van der Waals surface area contributed by atoms with Gasteiger partial charge in [-0.25, -0.2) is 0 Å². The van der Waals surface area contributed by atoms with E-state index in [0.29, 0.717) is 11.8 Å². The van der Waals surface area contributed by atoms with Crippen LogP contribution >= 0.6 is 0 Å². The van der Waals surface area contributed by atoms with E-state index in [1.54, 1.807) is 0 Å². The zero-order valence-electron chi connectivity index (χ0n) is 11.5. The Hall–Kier alpha value is -1.36. The summed E-state index contributed by atoms with van der Waals surface area (Å²) in [6.45, 7) is 2.71. The molecule has 1 aromatic rings. The molecule has 0 saturated heterocycles. The van der Waals surface area contributed by atoms with Crippen LogP contribution in [0, 0.1) is 24.7 Å². The summed E-state index contributed by atoms with van der Waals surface area (Å²) in [7, 11) is 1.91. The van der Waals surface area contributed by atoms with Gasteiger partial charge in [-0.15, -0.1) is 0 Å². The second-order valence-electron chi connectivity index (χ2n) is 6.02. The highest BCUT2D eigenvalue weighted by Crippen LogP contribution is 2.48. The summed E-state index contributed by atoms with van der Waals surface area (Å²) in [5, 5.41) is 17.2. The lowest BCUT2D eigenvalue weighted by Crippen LogP contribution is -2.43. The van der Waals surface area contributed by atoms with Crippen LogP contribution in [-0.4, -0.2) is 26.9 Å². The van der Waals surface area contributed by atoms with E-state index in [4.69, 9.17) is 0 Å². The van der Waals surface area contributed by atoms with Crippen molar-refractivity contribution in [2.75, 3.05) is 0 Å². The third-order valence-corrected chi connectivity index (χ3v) is 4.84. The van der Waals surface area contributed by atoms with Crippen LogP contribution in [0.3, 0.4) is 0 Å². The zero-order chi connectivity index (χ0) is 13.6. The Bertz CT molecular complexity index is 497. The van der Waals surface area contributed by atoms with Crippen LogP contribution in [0.4, 0.5) is 0 Å². The topological polar surface area (TPSA) is 67.2 Å². The highest BCUT2D eigenvalue weighted by Gasteiger charge is 2.50. The number of aromatic nitrogens is 2. The van der Waals surface area contributed by atoms with Gasteiger partial charge in [0.1, 0.15) is 0 Å². The predicted molar refractivity (Wildman–Crippen MR) is 70.5 cm³/mol. The lowest BCUT2D eigenvalue weighted by Gasteiger charge is -2.29. The molecule has 0 radical (unpaired) electrons. The van der Waals surface area contributed by atoms with E-state index in [0.717, 1.165) is 30.6 Å². The van der Waals surface area contributed by atoms with E-state index in [2.05, 4.69) is 10.4 Å². The summed E-state index contributed by atoms with van der Waals surface area (Å²) in [5.41, 5.74) is 2.18. The molecular formula is C14H21N3O2. The van der Waals surface area contributed by atoms with Gasteiger partial charge in [0.2, 0.25) is 0 Å². The minimum absolute atomic E-state index is 0.135. The number of fused-ring (bicyclic) bond motifs is 2. The second-order valence-corrected chi connectivity index (χ2v) is 6.02. The number of hydrogen-bond acceptors (Lipinski definition) is 3. The second kappa shape index (κ2) is 4.63. The number of carboxylic acid groups (broad SMARTS) is 1. The molecule has 2 aliphatic carbocycles. The van der Waals surface area contributed by atoms with Crippen molar-refractivity contribution in [3.63, 3.8) is 0 Å². The van der Waals surface area contributed by atoms with Gasteiger partial charge in [-0.05, 0) is 38.0 Å². The molecule has 5 nitrogen and oxygen atoms in total. The fraction of sp³-hybridized carbons (Fsp3) is 0.714. The Labute approximate surface area is 113 Å². The first kappa shape index (κ1) is 12.7. The minimum Gasteiger partial charge on any atom is -0.481 e. The molecular weight excluding hydrogens is 242 g/mol. The largest absolute Gasteiger partial charge is 0.481 e. The van der Waals surface area contributed by atoms with E-state index in [-0.39, 0.29) is 12.0 Å². The molecule has 0 spiro atoms. The van der Waals surface area contributed by atoms with Crippen molar-refractivity contribution in [3.8, 4) is 0 Å². The molecule has 1 aromatic heterocycles. The summed E-state index contributed by atoms with van der Waals surface area (Å²) in [6.07, 6.45) is 5.36. The van der Waals surface area contributed by atoms with Crippen molar-refractivity contribution in [2.45, 2.75) is 38.8 Å². The van der Waals surface area contributed by atoms with Crippen LogP contribution in [-0.2, 0) is 18.4 Å². The number of nitrogens with zero attached hydrogens (tertiary/aromatic N) is 2. The van der Waals surface area contributed by atoms with Gasteiger partial charge in [-0.3, -0.25) is 9.48 Å². The fourth-order valence-corrected chi connectivity index (χ4v) is 3.99. The molecule has 4 unspecified atom stereocenters. The molecule has 3 rings (SSSR count). The third kappa shape index (κ3) is 2.16. The molecule has 2 aliphatic rings. The van der Waals surface area contributed by atoms with Gasteiger partial charge >= 0.3 is 5.97 Å². The van der Waals surface area contributed by atoms with Crippen LogP contribution in [0.1, 0.15) is 30.5 Å². The first-order chi connectivity index (χ1) is 9.06. The number of carbonyl (C=O) groups is 1. The smallest absolute Gasteiger partial charge is 0.308 e. The number of nitrogens with one attached hydrogen (secondary N) is 1. The molecule has 0 amide bonds. The first-order valence-corrected chi connectivity index (χ1v) is 7.01. The number of rotatable bonds is 4. The first-order valence-electron chi connectivity index (χ1n) is 7.01. The lowest BCUT2D eigenvalue weighted by molar-refractivity contribution is -0.144. The molecule has 104 valence electrons. The molecule has 5 heteroatoms. The molecule has 0 aliphatic heterocycles. The Morgan fingerprint density at radius 2 is 2.26 bits per heavy atom. The van der Waals surface area contributed by atoms with Crippen LogP contribution in [0.2, 0.25) is 0 Å². The van der Waals surface area contributed by atoms with Crippen LogP contribution in [0.15, 0.2) is 6.20 Å². The molecule has 0 aromatic carbocycles. The number of hydrogen-bond donors (Lipinski definition) is 2. The van der Waals surface area contributed by atoms with E-state index in [9.17, 15) is 9.90 Å². The van der Waals surface area contributed by atoms with Gasteiger partial charge in [0.15, 0.2) is 0 Å². The number of aryl methyl sites for hydroxylation is 2. The van der Waals surface area contributed by atoms with Crippen molar-refractivity contribution in [3.05, 3.63) is 17.5 Å². The highest BCUT2D eigenvalue weighted by atomic mass is 16.4. The monoisotopic (exact) mass is 263 g/mol. The van der Waals surface area contributed by atoms with Gasteiger partial charge in [0.05, 0.1) is 11.6 Å². The molecule has 2 fully saturated rings.